The van der Waals surface area contributed by atoms with E-state index in [-0.39, 0.29) is 11.9 Å². The largest absolute Gasteiger partial charge is 0.340 e. The number of hydrogen-bond acceptors (Lipinski definition) is 5. The van der Waals surface area contributed by atoms with E-state index >= 15 is 0 Å². The van der Waals surface area contributed by atoms with Gasteiger partial charge in [0.2, 0.25) is 0 Å². The van der Waals surface area contributed by atoms with Crippen molar-refractivity contribution in [3.63, 3.8) is 0 Å². The first-order chi connectivity index (χ1) is 10.2. The second kappa shape index (κ2) is 6.34. The monoisotopic (exact) mass is 335 g/mol. The Kier molecular flexibility index (Phi) is 4.28. The van der Waals surface area contributed by atoms with Crippen molar-refractivity contribution < 1.29 is 4.79 Å². The molecule has 0 aliphatic heterocycles. The Bertz CT molecular complexity index is 711. The van der Waals surface area contributed by atoms with Crippen molar-refractivity contribution in [2.45, 2.75) is 6.04 Å². The number of rotatable bonds is 4. The summed E-state index contributed by atoms with van der Waals surface area (Å²) in [5.41, 5.74) is 2.32. The zero-order valence-corrected chi connectivity index (χ0v) is 13.1. The number of carbonyl (C=O) groups is 1. The topological polar surface area (TPSA) is 54.9 Å². The maximum absolute atomic E-state index is 12.2. The lowest BCUT2D eigenvalue weighted by molar-refractivity contribution is 0.0938. The molecule has 0 saturated carbocycles. The van der Waals surface area contributed by atoms with E-state index in [2.05, 4.69) is 14.9 Å². The molecule has 0 fully saturated rings. The van der Waals surface area contributed by atoms with Gasteiger partial charge in [0.05, 0.1) is 6.04 Å². The van der Waals surface area contributed by atoms with E-state index in [4.69, 9.17) is 11.6 Å². The van der Waals surface area contributed by atoms with Gasteiger partial charge in [0.15, 0.2) is 5.69 Å². The molecule has 106 valence electrons. The second-order valence-electron chi connectivity index (χ2n) is 4.30. The Morgan fingerprint density at radius 2 is 1.95 bits per heavy atom. The van der Waals surface area contributed by atoms with E-state index in [0.717, 1.165) is 22.7 Å². The molecule has 2 aromatic heterocycles. The van der Waals surface area contributed by atoms with Crippen molar-refractivity contribution in [3.8, 4) is 0 Å². The molecule has 0 aliphatic rings. The van der Waals surface area contributed by atoms with Gasteiger partial charge in [-0.2, -0.15) is 11.3 Å². The minimum Gasteiger partial charge on any atom is -0.340 e. The number of thiophene rings is 1. The lowest BCUT2D eigenvalue weighted by Gasteiger charge is -2.18. The lowest BCUT2D eigenvalue weighted by Crippen LogP contribution is -2.29. The van der Waals surface area contributed by atoms with Gasteiger partial charge < -0.3 is 5.32 Å². The number of halogens is 1. The van der Waals surface area contributed by atoms with Crippen LogP contribution in [0.25, 0.3) is 0 Å². The van der Waals surface area contributed by atoms with Crippen molar-refractivity contribution in [2.75, 3.05) is 0 Å². The molecular formula is C14H10ClN3OS2. The molecule has 0 bridgehead atoms. The zero-order valence-electron chi connectivity index (χ0n) is 10.7. The molecule has 0 radical (unpaired) electrons. The third kappa shape index (κ3) is 3.29. The molecule has 3 aromatic rings. The summed E-state index contributed by atoms with van der Waals surface area (Å²) in [5.74, 6) is -0.241. The number of carbonyl (C=O) groups excluding carboxylic acids is 1. The Balaban J connectivity index is 1.90. The molecule has 2 heterocycles. The van der Waals surface area contributed by atoms with Crippen LogP contribution in [0.4, 0.5) is 0 Å². The number of aromatic nitrogens is 2. The molecular weight excluding hydrogens is 326 g/mol. The highest BCUT2D eigenvalue weighted by Crippen LogP contribution is 2.25. The lowest BCUT2D eigenvalue weighted by atomic mass is 10.0. The molecule has 0 spiro atoms. The summed E-state index contributed by atoms with van der Waals surface area (Å²) in [7, 11) is 0. The number of benzene rings is 1. The molecule has 1 N–H and O–H groups in total. The first-order valence-corrected chi connectivity index (χ1v) is 8.25. The van der Waals surface area contributed by atoms with Crippen LogP contribution >= 0.6 is 34.5 Å². The molecule has 7 heteroatoms. The van der Waals surface area contributed by atoms with Gasteiger partial charge in [-0.1, -0.05) is 28.2 Å². The van der Waals surface area contributed by atoms with Gasteiger partial charge in [-0.3, -0.25) is 4.79 Å². The quantitative estimate of drug-likeness (QED) is 0.789. The molecule has 3 rings (SSSR count). The van der Waals surface area contributed by atoms with Gasteiger partial charge in [0, 0.05) is 10.4 Å². The Hall–Kier alpha value is -1.76. The summed E-state index contributed by atoms with van der Waals surface area (Å²) in [5, 5.41) is 13.1. The summed E-state index contributed by atoms with van der Waals surface area (Å²) in [6, 6.07) is 9.19. The van der Waals surface area contributed by atoms with Gasteiger partial charge in [-0.25, -0.2) is 0 Å². The minimum absolute atomic E-state index is 0.234. The Morgan fingerprint density at radius 3 is 2.57 bits per heavy atom. The van der Waals surface area contributed by atoms with Gasteiger partial charge in [0.1, 0.15) is 0 Å². The Morgan fingerprint density at radius 1 is 1.14 bits per heavy atom. The highest BCUT2D eigenvalue weighted by molar-refractivity contribution is 7.08. The highest BCUT2D eigenvalue weighted by Gasteiger charge is 2.19. The maximum Gasteiger partial charge on any atom is 0.273 e. The number of amides is 1. The zero-order chi connectivity index (χ0) is 14.7. The van der Waals surface area contributed by atoms with Crippen molar-refractivity contribution in [2.24, 2.45) is 0 Å². The fourth-order valence-electron chi connectivity index (χ4n) is 1.92. The molecule has 0 saturated heterocycles. The SMILES string of the molecule is O=C(NC(c1ccc(Cl)cc1)c1ccsc1)c1csnn1. The summed E-state index contributed by atoms with van der Waals surface area (Å²) in [6.45, 7) is 0. The molecule has 1 amide bonds. The highest BCUT2D eigenvalue weighted by atomic mass is 35.5. The van der Waals surface area contributed by atoms with E-state index in [9.17, 15) is 4.79 Å². The van der Waals surface area contributed by atoms with Crippen LogP contribution in [-0.2, 0) is 0 Å². The van der Waals surface area contributed by atoms with Crippen LogP contribution in [0.1, 0.15) is 27.7 Å². The normalized spacial score (nSPS) is 12.0. The fourth-order valence-corrected chi connectivity index (χ4v) is 3.17. The third-order valence-electron chi connectivity index (χ3n) is 2.95. The van der Waals surface area contributed by atoms with E-state index < -0.39 is 0 Å². The van der Waals surface area contributed by atoms with Gasteiger partial charge >= 0.3 is 0 Å². The van der Waals surface area contributed by atoms with Crippen LogP contribution in [0.5, 0.6) is 0 Å². The third-order valence-corrected chi connectivity index (χ3v) is 4.41. The van der Waals surface area contributed by atoms with Crippen molar-refractivity contribution in [3.05, 3.63) is 68.3 Å². The van der Waals surface area contributed by atoms with Crippen molar-refractivity contribution in [1.82, 2.24) is 14.9 Å². The van der Waals surface area contributed by atoms with E-state index in [1.165, 1.54) is 0 Å². The second-order valence-corrected chi connectivity index (χ2v) is 6.13. The van der Waals surface area contributed by atoms with Gasteiger partial charge in [0.25, 0.3) is 5.91 Å². The number of nitrogens with zero attached hydrogens (tertiary/aromatic N) is 2. The molecule has 1 atom stereocenters. The number of hydrogen-bond donors (Lipinski definition) is 1. The van der Waals surface area contributed by atoms with Crippen LogP contribution in [0.15, 0.2) is 46.5 Å². The van der Waals surface area contributed by atoms with Crippen LogP contribution in [0, 0.1) is 0 Å². The van der Waals surface area contributed by atoms with E-state index in [0.29, 0.717) is 10.7 Å². The van der Waals surface area contributed by atoms with E-state index in [1.807, 2.05) is 41.1 Å². The fraction of sp³-hybridized carbons (Fsp3) is 0.0714. The van der Waals surface area contributed by atoms with Crippen LogP contribution in [0.2, 0.25) is 5.02 Å². The molecule has 1 unspecified atom stereocenters. The minimum atomic E-state index is -0.241. The Labute approximate surface area is 134 Å². The average molecular weight is 336 g/mol. The predicted octanol–water partition coefficient (Wildman–Crippen LogP) is 3.77. The van der Waals surface area contributed by atoms with Gasteiger partial charge in [-0.05, 0) is 51.6 Å². The summed E-state index contributed by atoms with van der Waals surface area (Å²) >= 11 is 8.67. The summed E-state index contributed by atoms with van der Waals surface area (Å²) in [6.07, 6.45) is 0. The first kappa shape index (κ1) is 14.2. The molecule has 4 nitrogen and oxygen atoms in total. The van der Waals surface area contributed by atoms with Crippen molar-refractivity contribution in [1.29, 1.82) is 0 Å². The van der Waals surface area contributed by atoms with E-state index in [1.54, 1.807) is 16.7 Å². The smallest absolute Gasteiger partial charge is 0.273 e. The first-order valence-electron chi connectivity index (χ1n) is 6.09. The molecule has 0 aliphatic carbocycles. The maximum atomic E-state index is 12.2. The molecule has 21 heavy (non-hydrogen) atoms. The van der Waals surface area contributed by atoms with Crippen molar-refractivity contribution >= 4 is 40.4 Å². The predicted molar refractivity (Wildman–Crippen MR) is 85.0 cm³/mol. The van der Waals surface area contributed by atoms with Crippen LogP contribution < -0.4 is 5.32 Å². The van der Waals surface area contributed by atoms with Crippen LogP contribution in [-0.4, -0.2) is 15.5 Å². The molecule has 1 aromatic carbocycles. The number of nitrogens with one attached hydrogen (secondary N) is 1. The van der Waals surface area contributed by atoms with Crippen LogP contribution in [0.3, 0.4) is 0 Å². The standard InChI is InChI=1S/C14H10ClN3OS2/c15-11-3-1-9(2-4-11)13(10-5-6-20-7-10)16-14(19)12-8-21-18-17-12/h1-8,13H,(H,16,19). The summed E-state index contributed by atoms with van der Waals surface area (Å²) in [4.78, 5) is 12.2. The average Bonchev–Trinajstić information content (AvgIpc) is 3.19. The van der Waals surface area contributed by atoms with Gasteiger partial charge in [-0.15, -0.1) is 5.10 Å². The summed E-state index contributed by atoms with van der Waals surface area (Å²) < 4.78 is 3.71.